The van der Waals surface area contributed by atoms with Gasteiger partial charge in [0.2, 0.25) is 5.78 Å². The molecule has 2 aromatic carbocycles. The molecular formula is C22H25NO4. The van der Waals surface area contributed by atoms with Crippen molar-refractivity contribution in [2.75, 3.05) is 6.61 Å². The van der Waals surface area contributed by atoms with Gasteiger partial charge in [0.25, 0.3) is 5.91 Å². The molecule has 0 radical (unpaired) electrons. The van der Waals surface area contributed by atoms with Gasteiger partial charge in [0, 0.05) is 11.1 Å². The summed E-state index contributed by atoms with van der Waals surface area (Å²) in [6.45, 7) is 7.00. The van der Waals surface area contributed by atoms with Gasteiger partial charge in [-0.05, 0) is 43.5 Å². The molecule has 1 N–H and O–H groups in total. The molecule has 0 fully saturated rings. The van der Waals surface area contributed by atoms with Gasteiger partial charge in [-0.3, -0.25) is 9.59 Å². The summed E-state index contributed by atoms with van der Waals surface area (Å²) < 4.78 is 5.21. The monoisotopic (exact) mass is 367 g/mol. The van der Waals surface area contributed by atoms with Crippen molar-refractivity contribution in [1.82, 2.24) is 5.32 Å². The SMILES string of the molecule is Cc1ccc(C)c(C(=O)COC(=O)C(NC(=O)c2ccccc2)C(C)C)c1. The molecule has 0 spiro atoms. The molecule has 0 aliphatic rings. The first-order chi connectivity index (χ1) is 12.8. The Labute approximate surface area is 159 Å². The van der Waals surface area contributed by atoms with Crippen molar-refractivity contribution < 1.29 is 19.1 Å². The lowest BCUT2D eigenvalue weighted by atomic mass is 10.0. The van der Waals surface area contributed by atoms with Crippen molar-refractivity contribution in [3.63, 3.8) is 0 Å². The lowest BCUT2D eigenvalue weighted by molar-refractivity contribution is -0.145. The lowest BCUT2D eigenvalue weighted by Gasteiger charge is -2.21. The van der Waals surface area contributed by atoms with Gasteiger partial charge in [-0.25, -0.2) is 4.79 Å². The van der Waals surface area contributed by atoms with Gasteiger partial charge in [-0.2, -0.15) is 0 Å². The Bertz CT molecular complexity index is 827. The predicted molar refractivity (Wildman–Crippen MR) is 104 cm³/mol. The third-order valence-electron chi connectivity index (χ3n) is 4.28. The molecule has 1 amide bonds. The number of carbonyl (C=O) groups excluding carboxylic acids is 3. The number of carbonyl (C=O) groups is 3. The van der Waals surface area contributed by atoms with Crippen LogP contribution in [0.2, 0.25) is 0 Å². The van der Waals surface area contributed by atoms with Crippen LogP contribution < -0.4 is 5.32 Å². The number of Topliss-reactive ketones (excluding diaryl/α,β-unsaturated/α-hetero) is 1. The Hall–Kier alpha value is -2.95. The molecule has 27 heavy (non-hydrogen) atoms. The summed E-state index contributed by atoms with van der Waals surface area (Å²) in [4.78, 5) is 37.2. The largest absolute Gasteiger partial charge is 0.456 e. The fraction of sp³-hybridized carbons (Fsp3) is 0.318. The molecule has 2 rings (SSSR count). The van der Waals surface area contributed by atoms with Crippen LogP contribution in [0.15, 0.2) is 48.5 Å². The standard InChI is InChI=1S/C22H25NO4/c1-14(2)20(23-21(25)17-8-6-5-7-9-17)22(26)27-13-19(24)18-12-15(3)10-11-16(18)4/h5-12,14,20H,13H2,1-4H3,(H,23,25). The van der Waals surface area contributed by atoms with Crippen LogP contribution in [-0.4, -0.2) is 30.3 Å². The maximum Gasteiger partial charge on any atom is 0.329 e. The zero-order valence-corrected chi connectivity index (χ0v) is 16.1. The van der Waals surface area contributed by atoms with Crippen LogP contribution in [0.1, 0.15) is 45.7 Å². The third-order valence-corrected chi connectivity index (χ3v) is 4.28. The fourth-order valence-corrected chi connectivity index (χ4v) is 2.65. The number of hydrogen-bond acceptors (Lipinski definition) is 4. The topological polar surface area (TPSA) is 72.5 Å². The Kier molecular flexibility index (Phi) is 6.88. The van der Waals surface area contributed by atoms with Gasteiger partial charge in [0.05, 0.1) is 0 Å². The molecule has 5 heteroatoms. The number of ketones is 1. The van der Waals surface area contributed by atoms with E-state index in [1.807, 2.05) is 45.9 Å². The summed E-state index contributed by atoms with van der Waals surface area (Å²) in [5, 5.41) is 2.69. The van der Waals surface area contributed by atoms with Crippen LogP contribution in [-0.2, 0) is 9.53 Å². The minimum absolute atomic E-state index is 0.180. The number of hydrogen-bond donors (Lipinski definition) is 1. The number of amides is 1. The number of rotatable bonds is 7. The predicted octanol–water partition coefficient (Wildman–Crippen LogP) is 3.48. The van der Waals surface area contributed by atoms with Gasteiger partial charge in [0.1, 0.15) is 6.04 Å². The Balaban J connectivity index is 2.01. The molecular weight excluding hydrogens is 342 g/mol. The van der Waals surface area contributed by atoms with Crippen molar-refractivity contribution in [3.8, 4) is 0 Å². The minimum atomic E-state index is -0.830. The van der Waals surface area contributed by atoms with E-state index in [0.29, 0.717) is 11.1 Å². The second kappa shape index (κ2) is 9.12. The van der Waals surface area contributed by atoms with Crippen LogP contribution in [0.5, 0.6) is 0 Å². The number of aryl methyl sites for hydroxylation is 2. The minimum Gasteiger partial charge on any atom is -0.456 e. The molecule has 5 nitrogen and oxygen atoms in total. The maximum atomic E-state index is 12.4. The van der Waals surface area contributed by atoms with E-state index in [2.05, 4.69) is 5.32 Å². The second-order valence-corrected chi connectivity index (χ2v) is 6.91. The van der Waals surface area contributed by atoms with Gasteiger partial charge in [-0.1, -0.05) is 49.7 Å². The smallest absolute Gasteiger partial charge is 0.329 e. The average Bonchev–Trinajstić information content (AvgIpc) is 2.66. The molecule has 0 aliphatic heterocycles. The molecule has 0 aromatic heterocycles. The average molecular weight is 367 g/mol. The molecule has 1 atom stereocenters. The number of esters is 1. The summed E-state index contributed by atoms with van der Waals surface area (Å²) in [7, 11) is 0. The highest BCUT2D eigenvalue weighted by Gasteiger charge is 2.27. The summed E-state index contributed by atoms with van der Waals surface area (Å²) in [6.07, 6.45) is 0. The number of nitrogens with one attached hydrogen (secondary N) is 1. The second-order valence-electron chi connectivity index (χ2n) is 6.91. The van der Waals surface area contributed by atoms with E-state index >= 15 is 0 Å². The maximum absolute atomic E-state index is 12.4. The zero-order valence-electron chi connectivity index (χ0n) is 16.1. The summed E-state index contributed by atoms with van der Waals surface area (Å²) >= 11 is 0. The Morgan fingerprint density at radius 2 is 1.67 bits per heavy atom. The highest BCUT2D eigenvalue weighted by molar-refractivity contribution is 6.00. The molecule has 0 aliphatic carbocycles. The fourth-order valence-electron chi connectivity index (χ4n) is 2.65. The Morgan fingerprint density at radius 3 is 2.30 bits per heavy atom. The molecule has 0 bridgehead atoms. The van der Waals surface area contributed by atoms with Crippen LogP contribution >= 0.6 is 0 Å². The molecule has 142 valence electrons. The lowest BCUT2D eigenvalue weighted by Crippen LogP contribution is -2.45. The molecule has 0 saturated heterocycles. The van der Waals surface area contributed by atoms with Crippen molar-refractivity contribution >= 4 is 17.7 Å². The highest BCUT2D eigenvalue weighted by Crippen LogP contribution is 2.12. The van der Waals surface area contributed by atoms with E-state index in [-0.39, 0.29) is 24.2 Å². The van der Waals surface area contributed by atoms with Gasteiger partial charge >= 0.3 is 5.97 Å². The molecule has 0 heterocycles. The highest BCUT2D eigenvalue weighted by atomic mass is 16.5. The Morgan fingerprint density at radius 1 is 1.00 bits per heavy atom. The first kappa shape index (κ1) is 20.4. The van der Waals surface area contributed by atoms with E-state index in [4.69, 9.17) is 4.74 Å². The van der Waals surface area contributed by atoms with E-state index in [9.17, 15) is 14.4 Å². The van der Waals surface area contributed by atoms with Crippen LogP contribution in [0.3, 0.4) is 0 Å². The van der Waals surface area contributed by atoms with E-state index in [1.165, 1.54) is 0 Å². The normalized spacial score (nSPS) is 11.7. The van der Waals surface area contributed by atoms with Gasteiger partial charge < -0.3 is 10.1 Å². The quantitative estimate of drug-likeness (QED) is 0.601. The van der Waals surface area contributed by atoms with E-state index < -0.39 is 12.0 Å². The number of ether oxygens (including phenoxy) is 1. The molecule has 1 unspecified atom stereocenters. The first-order valence-electron chi connectivity index (χ1n) is 8.92. The van der Waals surface area contributed by atoms with Crippen LogP contribution in [0.25, 0.3) is 0 Å². The van der Waals surface area contributed by atoms with Gasteiger partial charge in [-0.15, -0.1) is 0 Å². The molecule has 0 saturated carbocycles. The summed E-state index contributed by atoms with van der Waals surface area (Å²) in [5.41, 5.74) is 2.80. The zero-order chi connectivity index (χ0) is 20.0. The molecule has 2 aromatic rings. The van der Waals surface area contributed by atoms with Crippen molar-refractivity contribution in [2.24, 2.45) is 5.92 Å². The first-order valence-corrected chi connectivity index (χ1v) is 8.92. The van der Waals surface area contributed by atoms with Crippen molar-refractivity contribution in [3.05, 3.63) is 70.8 Å². The van der Waals surface area contributed by atoms with Crippen LogP contribution in [0.4, 0.5) is 0 Å². The van der Waals surface area contributed by atoms with Gasteiger partial charge in [0.15, 0.2) is 6.61 Å². The summed E-state index contributed by atoms with van der Waals surface area (Å²) in [6, 6.07) is 13.4. The number of benzene rings is 2. The van der Waals surface area contributed by atoms with E-state index in [0.717, 1.165) is 11.1 Å². The van der Waals surface area contributed by atoms with Crippen LogP contribution in [0, 0.1) is 19.8 Å². The van der Waals surface area contributed by atoms with E-state index in [1.54, 1.807) is 30.3 Å². The van der Waals surface area contributed by atoms with Crippen molar-refractivity contribution in [2.45, 2.75) is 33.7 Å². The summed E-state index contributed by atoms with van der Waals surface area (Å²) in [5.74, 6) is -1.41. The third kappa shape index (κ3) is 5.51. The van der Waals surface area contributed by atoms with Crippen molar-refractivity contribution in [1.29, 1.82) is 0 Å².